The van der Waals surface area contributed by atoms with Crippen LogP contribution in [0.15, 0.2) is 36.4 Å². The molecule has 0 spiro atoms. The molecule has 0 aromatic heterocycles. The van der Waals surface area contributed by atoms with Gasteiger partial charge in [0.2, 0.25) is 5.91 Å². The Morgan fingerprint density at radius 1 is 1.16 bits per heavy atom. The van der Waals surface area contributed by atoms with E-state index in [1.165, 1.54) is 25.3 Å². The first-order valence-corrected chi connectivity index (χ1v) is 7.61. The van der Waals surface area contributed by atoms with Crippen molar-refractivity contribution in [1.29, 1.82) is 0 Å². The summed E-state index contributed by atoms with van der Waals surface area (Å²) in [5.74, 6) is -2.63. The van der Waals surface area contributed by atoms with Crippen LogP contribution in [-0.4, -0.2) is 31.0 Å². The van der Waals surface area contributed by atoms with Crippen molar-refractivity contribution in [2.45, 2.75) is 19.5 Å². The Bertz CT molecular complexity index is 748. The van der Waals surface area contributed by atoms with Gasteiger partial charge in [-0.15, -0.1) is 0 Å². The predicted molar refractivity (Wildman–Crippen MR) is 88.9 cm³/mol. The van der Waals surface area contributed by atoms with Crippen LogP contribution in [0.1, 0.15) is 12.5 Å². The normalized spacial score (nSPS) is 12.1. The van der Waals surface area contributed by atoms with Crippen LogP contribution >= 0.6 is 0 Å². The fraction of sp³-hybridized carbons (Fsp3) is 0.278. The van der Waals surface area contributed by atoms with Gasteiger partial charge in [0, 0.05) is 6.54 Å². The van der Waals surface area contributed by atoms with Crippen molar-refractivity contribution < 1.29 is 22.7 Å². The molecule has 7 heteroatoms. The topological polar surface area (TPSA) is 41.6 Å². The summed E-state index contributed by atoms with van der Waals surface area (Å²) < 4.78 is 45.8. The molecule has 0 aliphatic rings. The molecule has 1 unspecified atom stereocenters. The number of nitrogens with zero attached hydrogens (tertiary/aromatic N) is 1. The van der Waals surface area contributed by atoms with Gasteiger partial charge in [-0.25, -0.2) is 13.2 Å². The Morgan fingerprint density at radius 3 is 2.36 bits per heavy atom. The zero-order valence-electron chi connectivity index (χ0n) is 14.1. The molecule has 1 amide bonds. The lowest BCUT2D eigenvalue weighted by atomic mass is 10.1. The van der Waals surface area contributed by atoms with Crippen molar-refractivity contribution in [3.8, 4) is 5.75 Å². The van der Waals surface area contributed by atoms with Crippen LogP contribution in [0, 0.1) is 17.5 Å². The molecule has 0 heterocycles. The third-order valence-electron chi connectivity index (χ3n) is 3.90. The molecule has 2 rings (SSSR count). The number of nitrogens with one attached hydrogen (secondary N) is 1. The van der Waals surface area contributed by atoms with Gasteiger partial charge < -0.3 is 10.1 Å². The van der Waals surface area contributed by atoms with Crippen LogP contribution in [0.25, 0.3) is 0 Å². The van der Waals surface area contributed by atoms with E-state index in [1.54, 1.807) is 24.9 Å². The Labute approximate surface area is 144 Å². The quantitative estimate of drug-likeness (QED) is 0.864. The van der Waals surface area contributed by atoms with Crippen molar-refractivity contribution in [3.63, 3.8) is 0 Å². The van der Waals surface area contributed by atoms with Gasteiger partial charge in [0.25, 0.3) is 0 Å². The van der Waals surface area contributed by atoms with Gasteiger partial charge in [0.15, 0.2) is 11.6 Å². The van der Waals surface area contributed by atoms with Gasteiger partial charge in [0.1, 0.15) is 17.3 Å². The molecule has 2 aromatic rings. The number of carbonyl (C=O) groups excluding carboxylic acids is 1. The maximum atomic E-state index is 13.7. The van der Waals surface area contributed by atoms with Crippen LogP contribution < -0.4 is 10.1 Å². The minimum Gasteiger partial charge on any atom is -0.494 e. The Balaban J connectivity index is 2.05. The molecule has 1 atom stereocenters. The van der Waals surface area contributed by atoms with Gasteiger partial charge in [-0.2, -0.15) is 0 Å². The number of hydrogen-bond donors (Lipinski definition) is 1. The lowest BCUT2D eigenvalue weighted by molar-refractivity contribution is -0.120. The average molecular weight is 352 g/mol. The van der Waals surface area contributed by atoms with Crippen LogP contribution in [0.4, 0.5) is 18.9 Å². The molecule has 25 heavy (non-hydrogen) atoms. The average Bonchev–Trinajstić information content (AvgIpc) is 2.57. The second-order valence-corrected chi connectivity index (χ2v) is 5.65. The Morgan fingerprint density at radius 2 is 1.80 bits per heavy atom. The van der Waals surface area contributed by atoms with E-state index in [-0.39, 0.29) is 12.3 Å². The van der Waals surface area contributed by atoms with Crippen LogP contribution in [0.3, 0.4) is 0 Å². The first kappa shape index (κ1) is 18.8. The number of benzene rings is 2. The smallest absolute Gasteiger partial charge is 0.241 e. The second kappa shape index (κ2) is 8.02. The van der Waals surface area contributed by atoms with Crippen LogP contribution in [0.5, 0.6) is 5.75 Å². The first-order valence-electron chi connectivity index (χ1n) is 7.61. The molecule has 0 bridgehead atoms. The van der Waals surface area contributed by atoms with Crippen LogP contribution in [-0.2, 0) is 11.3 Å². The third-order valence-corrected chi connectivity index (χ3v) is 3.90. The second-order valence-electron chi connectivity index (χ2n) is 5.65. The van der Waals surface area contributed by atoms with Crippen molar-refractivity contribution in [2.75, 3.05) is 19.5 Å². The zero-order valence-corrected chi connectivity index (χ0v) is 14.1. The lowest BCUT2D eigenvalue weighted by Crippen LogP contribution is -2.39. The predicted octanol–water partition coefficient (Wildman–Crippen LogP) is 3.57. The highest BCUT2D eigenvalue weighted by molar-refractivity contribution is 5.94. The van der Waals surface area contributed by atoms with E-state index in [1.807, 2.05) is 0 Å². The number of anilines is 1. The van der Waals surface area contributed by atoms with E-state index in [0.29, 0.717) is 5.56 Å². The monoisotopic (exact) mass is 352 g/mol. The molecule has 0 saturated heterocycles. The number of rotatable bonds is 6. The summed E-state index contributed by atoms with van der Waals surface area (Å²) in [6, 6.07) is 7.15. The summed E-state index contributed by atoms with van der Waals surface area (Å²) >= 11 is 0. The summed E-state index contributed by atoms with van der Waals surface area (Å²) in [5, 5.41) is 2.25. The summed E-state index contributed by atoms with van der Waals surface area (Å²) in [7, 11) is 3.03. The van der Waals surface area contributed by atoms with E-state index >= 15 is 0 Å². The number of methoxy groups -OCH3 is 1. The Hall–Kier alpha value is -2.54. The van der Waals surface area contributed by atoms with E-state index in [0.717, 1.165) is 12.1 Å². The van der Waals surface area contributed by atoms with E-state index in [2.05, 4.69) is 5.32 Å². The van der Waals surface area contributed by atoms with E-state index < -0.39 is 35.1 Å². The molecule has 0 fully saturated rings. The number of likely N-dealkylation sites (N-methyl/N-ethyl adjacent to an activating group) is 1. The zero-order chi connectivity index (χ0) is 18.6. The summed E-state index contributed by atoms with van der Waals surface area (Å²) in [6.45, 7) is 1.86. The molecule has 0 radical (unpaired) electrons. The number of ether oxygens (including phenoxy) is 1. The standard InChI is InChI=1S/C18H19F3N2O2/c1-11(18(24)22-17-13(19)5-4-6-14(17)20)23(2)10-12-7-8-16(25-3)15(21)9-12/h4-9,11H,10H2,1-3H3,(H,22,24). The van der Waals surface area contributed by atoms with Gasteiger partial charge in [-0.1, -0.05) is 12.1 Å². The fourth-order valence-electron chi connectivity index (χ4n) is 2.28. The van der Waals surface area contributed by atoms with Gasteiger partial charge >= 0.3 is 0 Å². The number of carbonyl (C=O) groups is 1. The highest BCUT2D eigenvalue weighted by Gasteiger charge is 2.21. The maximum absolute atomic E-state index is 13.7. The first-order chi connectivity index (χ1) is 11.8. The van der Waals surface area contributed by atoms with Crippen molar-refractivity contribution >= 4 is 11.6 Å². The summed E-state index contributed by atoms with van der Waals surface area (Å²) in [5.41, 5.74) is 0.153. The number of para-hydroxylation sites is 1. The van der Waals surface area contributed by atoms with E-state index in [4.69, 9.17) is 4.74 Å². The fourth-order valence-corrected chi connectivity index (χ4v) is 2.28. The molecule has 4 nitrogen and oxygen atoms in total. The molecule has 2 aromatic carbocycles. The lowest BCUT2D eigenvalue weighted by Gasteiger charge is -2.24. The SMILES string of the molecule is COc1ccc(CN(C)C(C)C(=O)Nc2c(F)cccc2F)cc1F. The van der Waals surface area contributed by atoms with Crippen molar-refractivity contribution in [1.82, 2.24) is 4.90 Å². The molecule has 0 aliphatic carbocycles. The van der Waals surface area contributed by atoms with Gasteiger partial charge in [-0.05, 0) is 43.8 Å². The maximum Gasteiger partial charge on any atom is 0.241 e. The van der Waals surface area contributed by atoms with E-state index in [9.17, 15) is 18.0 Å². The molecule has 1 N–H and O–H groups in total. The molecule has 134 valence electrons. The van der Waals surface area contributed by atoms with Crippen molar-refractivity contribution in [2.24, 2.45) is 0 Å². The highest BCUT2D eigenvalue weighted by Crippen LogP contribution is 2.20. The third kappa shape index (κ3) is 4.51. The van der Waals surface area contributed by atoms with Gasteiger partial charge in [0.05, 0.1) is 13.2 Å². The van der Waals surface area contributed by atoms with Crippen molar-refractivity contribution in [3.05, 3.63) is 59.4 Å². The minimum atomic E-state index is -0.847. The molecule has 0 aliphatic heterocycles. The summed E-state index contributed by atoms with van der Waals surface area (Å²) in [6.07, 6.45) is 0. The molecular weight excluding hydrogens is 333 g/mol. The van der Waals surface area contributed by atoms with Crippen LogP contribution in [0.2, 0.25) is 0 Å². The number of halogens is 3. The highest BCUT2D eigenvalue weighted by atomic mass is 19.1. The minimum absolute atomic E-state index is 0.132. The van der Waals surface area contributed by atoms with Gasteiger partial charge in [-0.3, -0.25) is 9.69 Å². The number of hydrogen-bond acceptors (Lipinski definition) is 3. The molecule has 0 saturated carbocycles. The Kier molecular flexibility index (Phi) is 6.03. The summed E-state index contributed by atoms with van der Waals surface area (Å²) in [4.78, 5) is 13.9. The number of amides is 1. The molecular formula is C18H19F3N2O2. The largest absolute Gasteiger partial charge is 0.494 e.